The van der Waals surface area contributed by atoms with Crippen LogP contribution in [0.15, 0.2) is 36.4 Å². The normalized spacial score (nSPS) is 10.2. The van der Waals surface area contributed by atoms with Crippen LogP contribution in [0.3, 0.4) is 0 Å². The van der Waals surface area contributed by atoms with Crippen molar-refractivity contribution in [1.82, 2.24) is 0 Å². The summed E-state index contributed by atoms with van der Waals surface area (Å²) in [6.45, 7) is 2.49. The lowest BCUT2D eigenvalue weighted by Gasteiger charge is -2.12. The van der Waals surface area contributed by atoms with Crippen molar-refractivity contribution in [2.45, 2.75) is 19.8 Å². The number of ether oxygens (including phenoxy) is 4. The van der Waals surface area contributed by atoms with Gasteiger partial charge in [0.1, 0.15) is 11.5 Å². The molecule has 140 valence electrons. The standard InChI is InChI=1S/C20H25NO5/c1-5-26-17-10-6-14(12-19(17)25-4)7-11-20(22)21-16-9-8-15(23-2)13-18(16)24-3/h6,8-10,12-13H,5,7,11H2,1-4H3,(H,21,22). The van der Waals surface area contributed by atoms with Crippen molar-refractivity contribution in [3.05, 3.63) is 42.0 Å². The molecule has 0 bridgehead atoms. The minimum Gasteiger partial charge on any atom is -0.497 e. The number of hydrogen-bond acceptors (Lipinski definition) is 5. The maximum absolute atomic E-state index is 12.3. The Kier molecular flexibility index (Phi) is 7.14. The van der Waals surface area contributed by atoms with Gasteiger partial charge in [0, 0.05) is 12.5 Å². The minimum absolute atomic E-state index is 0.0960. The molecule has 0 aliphatic carbocycles. The molecule has 26 heavy (non-hydrogen) atoms. The molecule has 2 aromatic rings. The Labute approximate surface area is 154 Å². The molecule has 0 fully saturated rings. The summed E-state index contributed by atoms with van der Waals surface area (Å²) in [5.41, 5.74) is 1.62. The molecule has 2 rings (SSSR count). The maximum atomic E-state index is 12.3. The zero-order valence-electron chi connectivity index (χ0n) is 15.6. The number of amides is 1. The van der Waals surface area contributed by atoms with E-state index in [1.54, 1.807) is 39.5 Å². The summed E-state index contributed by atoms with van der Waals surface area (Å²) >= 11 is 0. The van der Waals surface area contributed by atoms with Crippen LogP contribution in [-0.4, -0.2) is 33.8 Å². The summed E-state index contributed by atoms with van der Waals surface area (Å²) in [7, 11) is 4.74. The summed E-state index contributed by atoms with van der Waals surface area (Å²) in [6, 6.07) is 11.0. The van der Waals surface area contributed by atoms with Gasteiger partial charge >= 0.3 is 0 Å². The first-order chi connectivity index (χ1) is 12.6. The third kappa shape index (κ3) is 5.05. The zero-order valence-corrected chi connectivity index (χ0v) is 15.6. The van der Waals surface area contributed by atoms with E-state index < -0.39 is 0 Å². The van der Waals surface area contributed by atoms with Gasteiger partial charge < -0.3 is 24.3 Å². The first-order valence-corrected chi connectivity index (χ1v) is 8.42. The van der Waals surface area contributed by atoms with Gasteiger partial charge in [-0.3, -0.25) is 4.79 Å². The number of benzene rings is 2. The second kappa shape index (κ2) is 9.56. The maximum Gasteiger partial charge on any atom is 0.224 e. The van der Waals surface area contributed by atoms with Gasteiger partial charge in [-0.25, -0.2) is 0 Å². The summed E-state index contributed by atoms with van der Waals surface area (Å²) < 4.78 is 21.3. The van der Waals surface area contributed by atoms with E-state index in [0.29, 0.717) is 48.1 Å². The number of rotatable bonds is 9. The van der Waals surface area contributed by atoms with Crippen LogP contribution in [0.4, 0.5) is 5.69 Å². The van der Waals surface area contributed by atoms with Gasteiger partial charge in [0.25, 0.3) is 0 Å². The Balaban J connectivity index is 1.99. The van der Waals surface area contributed by atoms with Gasteiger partial charge in [-0.05, 0) is 43.2 Å². The number of carbonyl (C=O) groups is 1. The van der Waals surface area contributed by atoms with E-state index in [2.05, 4.69) is 5.32 Å². The summed E-state index contributed by atoms with van der Waals surface area (Å²) in [5.74, 6) is 2.50. The molecule has 2 aromatic carbocycles. The third-order valence-electron chi connectivity index (χ3n) is 3.85. The summed E-state index contributed by atoms with van der Waals surface area (Å²) in [5, 5.41) is 2.87. The predicted molar refractivity (Wildman–Crippen MR) is 101 cm³/mol. The van der Waals surface area contributed by atoms with Gasteiger partial charge in [0.15, 0.2) is 11.5 Å². The molecule has 0 heterocycles. The molecule has 0 saturated carbocycles. The van der Waals surface area contributed by atoms with E-state index in [-0.39, 0.29) is 5.91 Å². The van der Waals surface area contributed by atoms with Gasteiger partial charge in [-0.15, -0.1) is 0 Å². The van der Waals surface area contributed by atoms with Crippen molar-refractivity contribution in [3.63, 3.8) is 0 Å². The van der Waals surface area contributed by atoms with Crippen LogP contribution in [-0.2, 0) is 11.2 Å². The molecule has 1 N–H and O–H groups in total. The van der Waals surface area contributed by atoms with Crippen LogP contribution in [0.5, 0.6) is 23.0 Å². The largest absolute Gasteiger partial charge is 0.497 e. The zero-order chi connectivity index (χ0) is 18.9. The monoisotopic (exact) mass is 359 g/mol. The lowest BCUT2D eigenvalue weighted by molar-refractivity contribution is -0.116. The average molecular weight is 359 g/mol. The molecule has 0 aromatic heterocycles. The molecule has 0 spiro atoms. The van der Waals surface area contributed by atoms with Crippen LogP contribution in [0.1, 0.15) is 18.9 Å². The van der Waals surface area contributed by atoms with Crippen molar-refractivity contribution in [1.29, 1.82) is 0 Å². The average Bonchev–Trinajstić information content (AvgIpc) is 2.67. The highest BCUT2D eigenvalue weighted by atomic mass is 16.5. The smallest absolute Gasteiger partial charge is 0.224 e. The Hall–Kier alpha value is -2.89. The molecule has 0 aliphatic heterocycles. The Bertz CT molecular complexity index is 745. The van der Waals surface area contributed by atoms with Gasteiger partial charge in [0.2, 0.25) is 5.91 Å². The van der Waals surface area contributed by atoms with Gasteiger partial charge in [0.05, 0.1) is 33.6 Å². The van der Waals surface area contributed by atoms with Crippen LogP contribution < -0.4 is 24.3 Å². The van der Waals surface area contributed by atoms with Crippen molar-refractivity contribution >= 4 is 11.6 Å². The molecular formula is C20H25NO5. The quantitative estimate of drug-likeness (QED) is 0.740. The van der Waals surface area contributed by atoms with Crippen LogP contribution >= 0.6 is 0 Å². The third-order valence-corrected chi connectivity index (χ3v) is 3.85. The van der Waals surface area contributed by atoms with Gasteiger partial charge in [-0.2, -0.15) is 0 Å². The fraction of sp³-hybridized carbons (Fsp3) is 0.350. The van der Waals surface area contributed by atoms with E-state index in [0.717, 1.165) is 5.56 Å². The number of hydrogen-bond donors (Lipinski definition) is 1. The molecule has 0 radical (unpaired) electrons. The van der Waals surface area contributed by atoms with Crippen molar-refractivity contribution in [2.24, 2.45) is 0 Å². The number of anilines is 1. The number of aryl methyl sites for hydroxylation is 1. The number of methoxy groups -OCH3 is 3. The second-order valence-electron chi connectivity index (χ2n) is 5.53. The molecule has 0 unspecified atom stereocenters. The molecule has 0 atom stereocenters. The molecule has 6 heteroatoms. The SMILES string of the molecule is CCOc1ccc(CCC(=O)Nc2ccc(OC)cc2OC)cc1OC. The van der Waals surface area contributed by atoms with Crippen LogP contribution in [0.25, 0.3) is 0 Å². The minimum atomic E-state index is -0.0960. The fourth-order valence-corrected chi connectivity index (χ4v) is 2.51. The second-order valence-corrected chi connectivity index (χ2v) is 5.53. The van der Waals surface area contributed by atoms with Crippen molar-refractivity contribution < 1.29 is 23.7 Å². The lowest BCUT2D eigenvalue weighted by Crippen LogP contribution is -2.13. The van der Waals surface area contributed by atoms with Gasteiger partial charge in [-0.1, -0.05) is 6.07 Å². The highest BCUT2D eigenvalue weighted by Gasteiger charge is 2.10. The fourth-order valence-electron chi connectivity index (χ4n) is 2.51. The molecule has 1 amide bonds. The van der Waals surface area contributed by atoms with E-state index in [9.17, 15) is 4.79 Å². The van der Waals surface area contributed by atoms with E-state index in [4.69, 9.17) is 18.9 Å². The van der Waals surface area contributed by atoms with Crippen LogP contribution in [0.2, 0.25) is 0 Å². The Morgan fingerprint density at radius 3 is 2.35 bits per heavy atom. The Morgan fingerprint density at radius 2 is 1.69 bits per heavy atom. The first-order valence-electron chi connectivity index (χ1n) is 8.42. The number of nitrogens with one attached hydrogen (secondary N) is 1. The summed E-state index contributed by atoms with van der Waals surface area (Å²) in [4.78, 5) is 12.3. The van der Waals surface area contributed by atoms with E-state index in [1.807, 2.05) is 25.1 Å². The molecule has 6 nitrogen and oxygen atoms in total. The van der Waals surface area contributed by atoms with Crippen molar-refractivity contribution in [3.8, 4) is 23.0 Å². The highest BCUT2D eigenvalue weighted by Crippen LogP contribution is 2.30. The predicted octanol–water partition coefficient (Wildman–Crippen LogP) is 3.68. The van der Waals surface area contributed by atoms with E-state index >= 15 is 0 Å². The van der Waals surface area contributed by atoms with E-state index in [1.165, 1.54) is 0 Å². The Morgan fingerprint density at radius 1 is 0.923 bits per heavy atom. The highest BCUT2D eigenvalue weighted by molar-refractivity contribution is 5.92. The van der Waals surface area contributed by atoms with Crippen molar-refractivity contribution in [2.75, 3.05) is 33.3 Å². The summed E-state index contributed by atoms with van der Waals surface area (Å²) in [6.07, 6.45) is 0.930. The topological polar surface area (TPSA) is 66.0 Å². The first kappa shape index (κ1) is 19.4. The lowest BCUT2D eigenvalue weighted by atomic mass is 10.1. The molecule has 0 aliphatic rings. The molecular weight excluding hydrogens is 334 g/mol. The molecule has 0 saturated heterocycles. The van der Waals surface area contributed by atoms with Crippen LogP contribution in [0, 0.1) is 0 Å². The number of carbonyl (C=O) groups excluding carboxylic acids is 1.